The standard InChI is InChI=1S/C47H35N3/c1-48-45(36-18-13-17-35(29-36)38-19-14-28-49-33-38)31-46(50-32-34-15-5-2-6-16-34)37-26-27-42-41-24-11-12-25-43(41)47(44(42)30-37,39-20-7-3-8-21-39)40-22-9-4-10-23-40/h2-31,33H,1,32H2/b45-31-,50-46?. The molecule has 0 N–H and O–H groups in total. The quantitative estimate of drug-likeness (QED) is 0.145. The summed E-state index contributed by atoms with van der Waals surface area (Å²) in [7, 11) is 0. The van der Waals surface area contributed by atoms with Gasteiger partial charge in [-0.25, -0.2) is 0 Å². The van der Waals surface area contributed by atoms with E-state index in [0.717, 1.165) is 39.2 Å². The highest BCUT2D eigenvalue weighted by Crippen LogP contribution is 2.56. The van der Waals surface area contributed by atoms with E-state index in [0.29, 0.717) is 6.54 Å². The maximum atomic E-state index is 5.27. The van der Waals surface area contributed by atoms with E-state index >= 15 is 0 Å². The second-order valence-electron chi connectivity index (χ2n) is 12.5. The molecule has 50 heavy (non-hydrogen) atoms. The summed E-state index contributed by atoms with van der Waals surface area (Å²) >= 11 is 0. The zero-order valence-electron chi connectivity index (χ0n) is 27.7. The first-order chi connectivity index (χ1) is 24.8. The summed E-state index contributed by atoms with van der Waals surface area (Å²) in [4.78, 5) is 14.2. The molecule has 1 aliphatic rings. The minimum absolute atomic E-state index is 0.504. The number of aromatic nitrogens is 1. The van der Waals surface area contributed by atoms with E-state index in [-0.39, 0.29) is 0 Å². The molecule has 1 heterocycles. The molecule has 238 valence electrons. The van der Waals surface area contributed by atoms with Crippen molar-refractivity contribution < 1.29 is 0 Å². The van der Waals surface area contributed by atoms with Crippen molar-refractivity contribution in [3.63, 3.8) is 0 Å². The Bertz CT molecular complexity index is 2300. The minimum atomic E-state index is -0.504. The number of pyridine rings is 1. The molecule has 0 amide bonds. The molecule has 0 atom stereocenters. The normalized spacial score (nSPS) is 13.4. The van der Waals surface area contributed by atoms with Crippen LogP contribution in [0.3, 0.4) is 0 Å². The number of fused-ring (bicyclic) bond motifs is 3. The van der Waals surface area contributed by atoms with Crippen LogP contribution >= 0.6 is 0 Å². The van der Waals surface area contributed by atoms with Crippen molar-refractivity contribution in [1.29, 1.82) is 0 Å². The molecule has 0 saturated heterocycles. The molecule has 0 fully saturated rings. The van der Waals surface area contributed by atoms with Crippen molar-refractivity contribution in [2.75, 3.05) is 0 Å². The summed E-state index contributed by atoms with van der Waals surface area (Å²) < 4.78 is 0. The van der Waals surface area contributed by atoms with E-state index in [1.807, 2.05) is 18.3 Å². The van der Waals surface area contributed by atoms with Crippen molar-refractivity contribution in [2.24, 2.45) is 9.98 Å². The van der Waals surface area contributed by atoms with Gasteiger partial charge in [0.2, 0.25) is 0 Å². The summed E-state index contributed by atoms with van der Waals surface area (Å²) in [5, 5.41) is 0. The average Bonchev–Trinajstić information content (AvgIpc) is 3.50. The van der Waals surface area contributed by atoms with Gasteiger partial charge >= 0.3 is 0 Å². The lowest BCUT2D eigenvalue weighted by Crippen LogP contribution is -2.28. The van der Waals surface area contributed by atoms with Gasteiger partial charge in [0.05, 0.1) is 23.4 Å². The highest BCUT2D eigenvalue weighted by atomic mass is 14.8. The van der Waals surface area contributed by atoms with E-state index in [9.17, 15) is 0 Å². The van der Waals surface area contributed by atoms with Crippen LogP contribution in [0.15, 0.2) is 198 Å². The summed E-state index contributed by atoms with van der Waals surface area (Å²) in [5.74, 6) is 0. The van der Waals surface area contributed by atoms with Gasteiger partial charge in [-0.3, -0.25) is 15.0 Å². The van der Waals surface area contributed by atoms with Crippen LogP contribution in [0, 0.1) is 0 Å². The first kappa shape index (κ1) is 30.9. The Morgan fingerprint density at radius 2 is 1.24 bits per heavy atom. The van der Waals surface area contributed by atoms with Crippen LogP contribution in [0.4, 0.5) is 0 Å². The van der Waals surface area contributed by atoms with E-state index in [1.54, 1.807) is 6.20 Å². The fourth-order valence-corrected chi connectivity index (χ4v) is 7.33. The van der Waals surface area contributed by atoms with Crippen molar-refractivity contribution >= 4 is 18.1 Å². The third kappa shape index (κ3) is 5.59. The maximum absolute atomic E-state index is 5.27. The number of hydrogen-bond acceptors (Lipinski definition) is 3. The number of rotatable bonds is 9. The average molecular weight is 642 g/mol. The van der Waals surface area contributed by atoms with Gasteiger partial charge in [-0.1, -0.05) is 152 Å². The SMILES string of the molecule is C=N/C(=C\C(=NCc1ccccc1)c1ccc2c(c1)C(c1ccccc1)(c1ccccc1)c1ccccc1-2)c1cccc(-c2cccnc2)c1. The Labute approximate surface area is 293 Å². The number of nitrogens with zero attached hydrogens (tertiary/aromatic N) is 3. The largest absolute Gasteiger partial charge is 0.280 e. The van der Waals surface area contributed by atoms with Crippen LogP contribution < -0.4 is 0 Å². The van der Waals surface area contributed by atoms with Crippen LogP contribution in [0.1, 0.15) is 38.9 Å². The number of aliphatic imine (C=N–C) groups is 2. The Morgan fingerprint density at radius 3 is 1.94 bits per heavy atom. The summed E-state index contributed by atoms with van der Waals surface area (Å²) in [6, 6.07) is 60.2. The molecule has 0 saturated carbocycles. The summed E-state index contributed by atoms with van der Waals surface area (Å²) in [6.45, 7) is 4.54. The highest BCUT2D eigenvalue weighted by Gasteiger charge is 2.46. The molecular weight excluding hydrogens is 607 g/mol. The maximum Gasteiger partial charge on any atom is 0.0716 e. The third-order valence-corrected chi connectivity index (χ3v) is 9.63. The molecule has 0 radical (unpaired) electrons. The molecule has 1 aliphatic carbocycles. The zero-order valence-corrected chi connectivity index (χ0v) is 27.7. The predicted molar refractivity (Wildman–Crippen MR) is 208 cm³/mol. The van der Waals surface area contributed by atoms with E-state index < -0.39 is 5.41 Å². The Hall–Kier alpha value is -6.45. The highest BCUT2D eigenvalue weighted by molar-refractivity contribution is 6.13. The number of benzene rings is 6. The smallest absolute Gasteiger partial charge is 0.0716 e. The van der Waals surface area contributed by atoms with Crippen LogP contribution in [0.2, 0.25) is 0 Å². The van der Waals surface area contributed by atoms with Gasteiger partial charge in [0.15, 0.2) is 0 Å². The molecule has 1 aromatic heterocycles. The molecule has 6 aromatic carbocycles. The summed E-state index contributed by atoms with van der Waals surface area (Å²) in [6.07, 6.45) is 5.75. The van der Waals surface area contributed by atoms with Crippen LogP contribution in [-0.4, -0.2) is 17.4 Å². The van der Waals surface area contributed by atoms with Crippen LogP contribution in [-0.2, 0) is 12.0 Å². The molecule has 0 spiro atoms. The van der Waals surface area contributed by atoms with Crippen LogP contribution in [0.25, 0.3) is 28.0 Å². The Morgan fingerprint density at radius 1 is 0.580 bits per heavy atom. The fraction of sp³-hybridized carbons (Fsp3) is 0.0426. The second-order valence-corrected chi connectivity index (χ2v) is 12.5. The lowest BCUT2D eigenvalue weighted by Gasteiger charge is -2.34. The van der Waals surface area contributed by atoms with Gasteiger partial charge < -0.3 is 0 Å². The van der Waals surface area contributed by atoms with Gasteiger partial charge in [0, 0.05) is 29.1 Å². The molecule has 0 unspecified atom stereocenters. The zero-order chi connectivity index (χ0) is 33.8. The topological polar surface area (TPSA) is 37.6 Å². The van der Waals surface area contributed by atoms with E-state index in [4.69, 9.17) is 4.99 Å². The predicted octanol–water partition coefficient (Wildman–Crippen LogP) is 10.8. The first-order valence-electron chi connectivity index (χ1n) is 16.9. The lowest BCUT2D eigenvalue weighted by molar-refractivity contribution is 0.768. The molecular formula is C47H35N3. The van der Waals surface area contributed by atoms with Crippen molar-refractivity contribution in [3.05, 3.63) is 227 Å². The van der Waals surface area contributed by atoms with Gasteiger partial charge in [-0.2, -0.15) is 0 Å². The fourth-order valence-electron chi connectivity index (χ4n) is 7.33. The van der Waals surface area contributed by atoms with Crippen molar-refractivity contribution in [3.8, 4) is 22.3 Å². The van der Waals surface area contributed by atoms with E-state index in [2.05, 4.69) is 180 Å². The lowest BCUT2D eigenvalue weighted by atomic mass is 9.67. The van der Waals surface area contributed by atoms with Crippen LogP contribution in [0.5, 0.6) is 0 Å². The van der Waals surface area contributed by atoms with Gasteiger partial charge in [0.25, 0.3) is 0 Å². The molecule has 0 aliphatic heterocycles. The molecule has 3 nitrogen and oxygen atoms in total. The Balaban J connectivity index is 1.33. The number of allylic oxidation sites excluding steroid dienone is 1. The van der Waals surface area contributed by atoms with Gasteiger partial charge in [0.1, 0.15) is 0 Å². The summed E-state index contributed by atoms with van der Waals surface area (Å²) in [5.41, 5.74) is 13.8. The van der Waals surface area contributed by atoms with Gasteiger partial charge in [-0.15, -0.1) is 0 Å². The van der Waals surface area contributed by atoms with E-state index in [1.165, 1.54) is 33.4 Å². The first-order valence-corrected chi connectivity index (χ1v) is 16.9. The molecule has 0 bridgehead atoms. The molecule has 8 rings (SSSR count). The van der Waals surface area contributed by atoms with Crippen molar-refractivity contribution in [2.45, 2.75) is 12.0 Å². The third-order valence-electron chi connectivity index (χ3n) is 9.63. The second kappa shape index (κ2) is 13.6. The minimum Gasteiger partial charge on any atom is -0.280 e. The molecule has 3 heteroatoms. The monoisotopic (exact) mass is 641 g/mol. The molecule has 7 aromatic rings. The van der Waals surface area contributed by atoms with Crippen molar-refractivity contribution in [1.82, 2.24) is 4.98 Å². The Kier molecular flexibility index (Phi) is 8.38. The number of hydrogen-bond donors (Lipinski definition) is 0. The van der Waals surface area contributed by atoms with Gasteiger partial charge in [-0.05, 0) is 75.5 Å².